The number of hydrogen-bond donors (Lipinski definition) is 1. The van der Waals surface area contributed by atoms with E-state index in [1.807, 2.05) is 23.1 Å². The van der Waals surface area contributed by atoms with Gasteiger partial charge in [-0.15, -0.1) is 0 Å². The maximum absolute atomic E-state index is 15.2. The minimum Gasteiger partial charge on any atom is -0.369 e. The van der Waals surface area contributed by atoms with Crippen LogP contribution in [0.25, 0.3) is 16.9 Å². The average molecular weight is 511 g/mol. The van der Waals surface area contributed by atoms with Crippen molar-refractivity contribution in [2.45, 2.75) is 50.5 Å². The molecule has 4 heterocycles. The lowest BCUT2D eigenvalue weighted by Crippen LogP contribution is -2.39. The average Bonchev–Trinajstić information content (AvgIpc) is 3.84. The van der Waals surface area contributed by atoms with Gasteiger partial charge in [0, 0.05) is 47.9 Å². The smallest absolute Gasteiger partial charge is 0.273 e. The number of rotatable bonds is 5. The zero-order valence-corrected chi connectivity index (χ0v) is 21.0. The molecule has 2 amide bonds. The summed E-state index contributed by atoms with van der Waals surface area (Å²) < 4.78 is 16.9. The second-order valence-corrected chi connectivity index (χ2v) is 10.7. The first kappa shape index (κ1) is 23.0. The Bertz CT molecular complexity index is 1630. The number of carbonyl (C=O) groups excluding carboxylic acids is 2. The fraction of sp³-hybridized carbons (Fsp3) is 0.345. The number of carbonyl (C=O) groups is 2. The van der Waals surface area contributed by atoms with Crippen LogP contribution in [0.3, 0.4) is 0 Å². The number of primary amides is 1. The SMILES string of the molecule is C[C@@H]1c2ccccc2CCN1C(=O)c1cc(C2CC2)n2nc(-c3cnc(C4C[C@H]4C(N)=O)cc3F)cc2n1. The molecule has 3 aromatic heterocycles. The van der Waals surface area contributed by atoms with Crippen LogP contribution in [0.2, 0.25) is 0 Å². The van der Waals surface area contributed by atoms with E-state index in [1.165, 1.54) is 23.4 Å². The molecule has 0 radical (unpaired) electrons. The molecule has 0 spiro atoms. The number of pyridine rings is 1. The maximum Gasteiger partial charge on any atom is 0.273 e. The van der Waals surface area contributed by atoms with Crippen molar-refractivity contribution in [2.24, 2.45) is 11.7 Å². The molecule has 0 saturated heterocycles. The molecule has 4 aromatic rings. The Hall–Kier alpha value is -4.14. The van der Waals surface area contributed by atoms with Crippen LogP contribution in [0, 0.1) is 11.7 Å². The summed E-state index contributed by atoms with van der Waals surface area (Å²) >= 11 is 0. The van der Waals surface area contributed by atoms with Crippen LogP contribution in [0.5, 0.6) is 0 Å². The monoisotopic (exact) mass is 510 g/mol. The fourth-order valence-electron chi connectivity index (χ4n) is 5.78. The molecule has 3 atom stereocenters. The first-order chi connectivity index (χ1) is 18.4. The largest absolute Gasteiger partial charge is 0.369 e. The van der Waals surface area contributed by atoms with Crippen LogP contribution in [-0.4, -0.2) is 42.8 Å². The Kier molecular flexibility index (Phi) is 5.11. The summed E-state index contributed by atoms with van der Waals surface area (Å²) in [5.41, 5.74) is 10.8. The van der Waals surface area contributed by atoms with Gasteiger partial charge in [0.2, 0.25) is 5.91 Å². The summed E-state index contributed by atoms with van der Waals surface area (Å²) in [5.74, 6) is -1.05. The molecule has 9 heteroatoms. The van der Waals surface area contributed by atoms with E-state index in [2.05, 4.69) is 34.1 Å². The van der Waals surface area contributed by atoms with Gasteiger partial charge in [-0.05, 0) is 55.9 Å². The number of halogens is 1. The van der Waals surface area contributed by atoms with Crippen molar-refractivity contribution in [1.82, 2.24) is 24.5 Å². The van der Waals surface area contributed by atoms with Crippen LogP contribution in [0.15, 0.2) is 48.7 Å². The summed E-state index contributed by atoms with van der Waals surface area (Å²) in [6, 6.07) is 13.1. The van der Waals surface area contributed by atoms with E-state index >= 15 is 4.39 Å². The van der Waals surface area contributed by atoms with Gasteiger partial charge in [-0.3, -0.25) is 14.6 Å². The third kappa shape index (κ3) is 3.76. The molecule has 2 N–H and O–H groups in total. The highest BCUT2D eigenvalue weighted by Gasteiger charge is 2.44. The fourth-order valence-corrected chi connectivity index (χ4v) is 5.78. The van der Waals surface area contributed by atoms with Crippen LogP contribution >= 0.6 is 0 Å². The van der Waals surface area contributed by atoms with Gasteiger partial charge >= 0.3 is 0 Å². The van der Waals surface area contributed by atoms with Gasteiger partial charge in [0.15, 0.2) is 5.65 Å². The van der Waals surface area contributed by atoms with Crippen LogP contribution in [0.4, 0.5) is 4.39 Å². The molecule has 7 rings (SSSR count). The van der Waals surface area contributed by atoms with E-state index in [1.54, 1.807) is 10.6 Å². The number of nitrogens with zero attached hydrogens (tertiary/aromatic N) is 5. The van der Waals surface area contributed by atoms with E-state index in [9.17, 15) is 9.59 Å². The van der Waals surface area contributed by atoms with E-state index in [0.29, 0.717) is 41.6 Å². The molecular formula is C29H27FN6O2. The third-order valence-corrected chi connectivity index (χ3v) is 8.21. The Morgan fingerprint density at radius 3 is 2.68 bits per heavy atom. The minimum absolute atomic E-state index is 0.0466. The van der Waals surface area contributed by atoms with E-state index in [4.69, 9.17) is 5.73 Å². The van der Waals surface area contributed by atoms with Crippen molar-refractivity contribution in [3.63, 3.8) is 0 Å². The minimum atomic E-state index is -0.460. The lowest BCUT2D eigenvalue weighted by molar-refractivity contribution is -0.119. The van der Waals surface area contributed by atoms with E-state index in [-0.39, 0.29) is 35.3 Å². The van der Waals surface area contributed by atoms with Gasteiger partial charge in [-0.1, -0.05) is 24.3 Å². The molecule has 192 valence electrons. The van der Waals surface area contributed by atoms with Crippen molar-refractivity contribution in [3.05, 3.63) is 82.7 Å². The number of benzene rings is 1. The Morgan fingerprint density at radius 1 is 1.13 bits per heavy atom. The first-order valence-corrected chi connectivity index (χ1v) is 13.1. The second-order valence-electron chi connectivity index (χ2n) is 10.7. The molecule has 2 saturated carbocycles. The number of amides is 2. The zero-order valence-electron chi connectivity index (χ0n) is 21.0. The lowest BCUT2D eigenvalue weighted by Gasteiger charge is -2.35. The van der Waals surface area contributed by atoms with Crippen molar-refractivity contribution >= 4 is 17.5 Å². The molecule has 2 aliphatic carbocycles. The van der Waals surface area contributed by atoms with Crippen LogP contribution < -0.4 is 5.73 Å². The number of hydrogen-bond acceptors (Lipinski definition) is 5. The number of aromatic nitrogens is 4. The highest BCUT2D eigenvalue weighted by Crippen LogP contribution is 2.47. The van der Waals surface area contributed by atoms with Gasteiger partial charge in [-0.25, -0.2) is 13.9 Å². The highest BCUT2D eigenvalue weighted by atomic mass is 19.1. The summed E-state index contributed by atoms with van der Waals surface area (Å²) in [4.78, 5) is 36.1. The lowest BCUT2D eigenvalue weighted by atomic mass is 9.93. The normalized spacial score (nSPS) is 22.4. The summed E-state index contributed by atoms with van der Waals surface area (Å²) in [7, 11) is 0. The summed E-state index contributed by atoms with van der Waals surface area (Å²) in [5, 5.41) is 4.67. The topological polar surface area (TPSA) is 106 Å². The van der Waals surface area contributed by atoms with E-state index < -0.39 is 5.82 Å². The van der Waals surface area contributed by atoms with Gasteiger partial charge in [0.1, 0.15) is 11.5 Å². The van der Waals surface area contributed by atoms with Crippen molar-refractivity contribution in [3.8, 4) is 11.3 Å². The summed E-state index contributed by atoms with van der Waals surface area (Å²) in [6.07, 6.45) is 4.90. The second kappa shape index (κ2) is 8.44. The molecule has 2 fully saturated rings. The number of fused-ring (bicyclic) bond motifs is 2. The van der Waals surface area contributed by atoms with Crippen LogP contribution in [0.1, 0.15) is 77.1 Å². The molecule has 3 aliphatic rings. The first-order valence-electron chi connectivity index (χ1n) is 13.1. The Balaban J connectivity index is 1.23. The maximum atomic E-state index is 15.2. The predicted molar refractivity (Wildman–Crippen MR) is 138 cm³/mol. The molecule has 1 unspecified atom stereocenters. The Labute approximate surface area is 218 Å². The van der Waals surface area contributed by atoms with Gasteiger partial charge in [0.05, 0.1) is 17.3 Å². The standard InChI is InChI=1S/C29H27FN6O2/c1-15-18-5-3-2-4-16(18)8-9-35(15)29(38)25-12-26(17-6-7-17)36-27(33-25)13-24(34-36)21-14-32-23(11-22(21)30)19-10-20(19)28(31)37/h2-5,11-15,17,19-20H,6-10H2,1H3,(H2,31,37)/t15-,19?,20-/m1/s1. The quantitative estimate of drug-likeness (QED) is 0.434. The van der Waals surface area contributed by atoms with Crippen molar-refractivity contribution in [2.75, 3.05) is 6.54 Å². The zero-order chi connectivity index (χ0) is 26.1. The highest BCUT2D eigenvalue weighted by molar-refractivity contribution is 5.93. The molecule has 8 nitrogen and oxygen atoms in total. The summed E-state index contributed by atoms with van der Waals surface area (Å²) in [6.45, 7) is 2.69. The molecule has 38 heavy (non-hydrogen) atoms. The molecule has 1 aromatic carbocycles. The van der Waals surface area contributed by atoms with E-state index in [0.717, 1.165) is 25.0 Å². The molecule has 1 aliphatic heterocycles. The molecule has 0 bridgehead atoms. The van der Waals surface area contributed by atoms with Crippen LogP contribution in [-0.2, 0) is 11.2 Å². The van der Waals surface area contributed by atoms with Gasteiger partial charge in [0.25, 0.3) is 5.91 Å². The number of nitrogens with two attached hydrogens (primary N) is 1. The predicted octanol–water partition coefficient (Wildman–Crippen LogP) is 4.16. The third-order valence-electron chi connectivity index (χ3n) is 8.21. The Morgan fingerprint density at radius 2 is 1.95 bits per heavy atom. The van der Waals surface area contributed by atoms with Crippen molar-refractivity contribution < 1.29 is 14.0 Å². The molecular weight excluding hydrogens is 483 g/mol. The van der Waals surface area contributed by atoms with Gasteiger partial charge in [-0.2, -0.15) is 5.10 Å². The van der Waals surface area contributed by atoms with Crippen molar-refractivity contribution in [1.29, 1.82) is 0 Å². The van der Waals surface area contributed by atoms with Gasteiger partial charge < -0.3 is 10.6 Å².